The van der Waals surface area contributed by atoms with Crippen molar-refractivity contribution in [2.75, 3.05) is 26.0 Å². The van der Waals surface area contributed by atoms with Gasteiger partial charge in [-0.2, -0.15) is 0 Å². The third-order valence-electron chi connectivity index (χ3n) is 4.99. The Balaban J connectivity index is 1.78. The Labute approximate surface area is 177 Å². The minimum absolute atomic E-state index is 0.346. The molecule has 31 heavy (non-hydrogen) atoms. The van der Waals surface area contributed by atoms with Crippen molar-refractivity contribution >= 4 is 22.9 Å². The van der Waals surface area contributed by atoms with E-state index < -0.39 is 30.4 Å². The van der Waals surface area contributed by atoms with Gasteiger partial charge in [0, 0.05) is 25.4 Å². The maximum atomic E-state index is 12.2. The molecule has 1 fully saturated rings. The highest BCUT2D eigenvalue weighted by atomic mass is 16.6. The zero-order valence-electron chi connectivity index (χ0n) is 17.2. The number of methoxy groups -OCH3 is 1. The normalized spacial score (nSPS) is 23.1. The van der Waals surface area contributed by atoms with Crippen LogP contribution in [0.1, 0.15) is 13.2 Å². The van der Waals surface area contributed by atoms with Crippen LogP contribution in [-0.4, -0.2) is 79.6 Å². The van der Waals surface area contributed by atoms with Gasteiger partial charge < -0.3 is 30.3 Å². The van der Waals surface area contributed by atoms with Crippen LogP contribution in [0.4, 0.5) is 5.82 Å². The second kappa shape index (κ2) is 8.41. The van der Waals surface area contributed by atoms with Gasteiger partial charge in [0.2, 0.25) is 0 Å². The van der Waals surface area contributed by atoms with Crippen LogP contribution in [-0.2, 0) is 9.53 Å². The second-order valence-corrected chi connectivity index (χ2v) is 6.91. The number of nitrogens with zero attached hydrogens (tertiary/aromatic N) is 5. The number of imidazole rings is 1. The number of fused-ring (bicyclic) bond motifs is 1. The summed E-state index contributed by atoms with van der Waals surface area (Å²) in [5.41, 5.74) is 1.40. The molecule has 1 saturated heterocycles. The molecule has 4 heterocycles. The highest BCUT2D eigenvalue weighted by Gasteiger charge is 2.47. The van der Waals surface area contributed by atoms with E-state index in [1.165, 1.54) is 18.0 Å². The summed E-state index contributed by atoms with van der Waals surface area (Å²) in [7, 11) is 3.23. The number of anilines is 1. The zero-order chi connectivity index (χ0) is 22.1. The van der Waals surface area contributed by atoms with E-state index >= 15 is 0 Å². The number of rotatable bonds is 6. The van der Waals surface area contributed by atoms with Crippen molar-refractivity contribution in [2.24, 2.45) is 0 Å². The number of aliphatic hydroxyl groups excluding tert-OH is 2. The van der Waals surface area contributed by atoms with Crippen LogP contribution >= 0.6 is 0 Å². The van der Waals surface area contributed by atoms with E-state index in [4.69, 9.17) is 9.47 Å². The zero-order valence-corrected chi connectivity index (χ0v) is 17.2. The molecule has 0 aromatic carbocycles. The van der Waals surface area contributed by atoms with Crippen molar-refractivity contribution < 1.29 is 24.5 Å². The fourth-order valence-electron chi connectivity index (χ4n) is 3.44. The van der Waals surface area contributed by atoms with Gasteiger partial charge in [0.05, 0.1) is 19.6 Å². The Kier molecular flexibility index (Phi) is 5.67. The molecule has 4 N–H and O–H groups in total. The molecule has 0 aliphatic carbocycles. The molecule has 1 aliphatic rings. The smallest absolute Gasteiger partial charge is 0.252 e. The van der Waals surface area contributed by atoms with Gasteiger partial charge in [0.25, 0.3) is 5.91 Å². The van der Waals surface area contributed by atoms with Gasteiger partial charge in [0.15, 0.2) is 35.1 Å². The molecule has 0 bridgehead atoms. The van der Waals surface area contributed by atoms with Gasteiger partial charge in [-0.05, 0) is 13.0 Å². The summed E-state index contributed by atoms with van der Waals surface area (Å²) >= 11 is 0. The van der Waals surface area contributed by atoms with Crippen molar-refractivity contribution in [3.8, 4) is 17.1 Å². The molecule has 3 aromatic rings. The quantitative estimate of drug-likeness (QED) is 0.410. The van der Waals surface area contributed by atoms with E-state index in [-0.39, 0.29) is 0 Å². The molecule has 4 rings (SSSR count). The molecular formula is C19H23N7O5. The Hall–Kier alpha value is -3.35. The van der Waals surface area contributed by atoms with Crippen molar-refractivity contribution in [3.05, 3.63) is 24.8 Å². The predicted molar refractivity (Wildman–Crippen MR) is 109 cm³/mol. The molecule has 4 atom stereocenters. The molecule has 0 saturated carbocycles. The topological polar surface area (TPSA) is 157 Å². The standard InChI is InChI=1S/C19H23N7O5/c1-4-22-18(29)14-12(27)13(28)19(31-14)26-8-23-11-16(20-2)24-15(25-17(11)26)9-5-10(30-3)7-21-6-9/h5-8,12-14,19,27-28H,4H2,1-3H3,(H,22,29)(H,20,24,25). The summed E-state index contributed by atoms with van der Waals surface area (Å²) in [5.74, 6) is 0.839. The number of aromatic nitrogens is 5. The van der Waals surface area contributed by atoms with Gasteiger partial charge in [-0.1, -0.05) is 0 Å². The highest BCUT2D eigenvalue weighted by Crippen LogP contribution is 2.33. The molecule has 0 radical (unpaired) electrons. The minimum atomic E-state index is -1.40. The number of ether oxygens (including phenoxy) is 2. The number of likely N-dealkylation sites (N-methyl/N-ethyl adjacent to an activating group) is 1. The van der Waals surface area contributed by atoms with Gasteiger partial charge in [0.1, 0.15) is 18.0 Å². The predicted octanol–water partition coefficient (Wildman–Crippen LogP) is -0.306. The van der Waals surface area contributed by atoms with Gasteiger partial charge in [-0.3, -0.25) is 14.3 Å². The third-order valence-corrected chi connectivity index (χ3v) is 4.99. The van der Waals surface area contributed by atoms with E-state index in [9.17, 15) is 15.0 Å². The van der Waals surface area contributed by atoms with Crippen LogP contribution in [0.2, 0.25) is 0 Å². The van der Waals surface area contributed by atoms with Crippen molar-refractivity contribution in [1.82, 2.24) is 29.8 Å². The molecule has 1 aliphatic heterocycles. The fourth-order valence-corrected chi connectivity index (χ4v) is 3.44. The number of carbonyl (C=O) groups excluding carboxylic acids is 1. The number of carbonyl (C=O) groups is 1. The lowest BCUT2D eigenvalue weighted by Crippen LogP contribution is -2.42. The first kappa shape index (κ1) is 20.9. The first-order valence-corrected chi connectivity index (χ1v) is 9.69. The van der Waals surface area contributed by atoms with E-state index in [0.29, 0.717) is 40.7 Å². The average molecular weight is 429 g/mol. The van der Waals surface area contributed by atoms with Crippen LogP contribution in [0.15, 0.2) is 24.8 Å². The van der Waals surface area contributed by atoms with Gasteiger partial charge >= 0.3 is 0 Å². The average Bonchev–Trinajstić information content (AvgIpc) is 3.34. The first-order chi connectivity index (χ1) is 15.0. The van der Waals surface area contributed by atoms with Crippen molar-refractivity contribution in [1.29, 1.82) is 0 Å². The second-order valence-electron chi connectivity index (χ2n) is 6.91. The van der Waals surface area contributed by atoms with Gasteiger partial charge in [-0.25, -0.2) is 15.0 Å². The fraction of sp³-hybridized carbons (Fsp3) is 0.421. The maximum absolute atomic E-state index is 12.2. The van der Waals surface area contributed by atoms with Crippen molar-refractivity contribution in [3.63, 3.8) is 0 Å². The Morgan fingerprint density at radius 1 is 1.29 bits per heavy atom. The summed E-state index contributed by atoms with van der Waals surface area (Å²) in [6.45, 7) is 2.12. The Morgan fingerprint density at radius 3 is 2.81 bits per heavy atom. The molecule has 12 nitrogen and oxygen atoms in total. The van der Waals surface area contributed by atoms with E-state index in [0.717, 1.165) is 0 Å². The lowest BCUT2D eigenvalue weighted by atomic mass is 10.1. The SMILES string of the molecule is CCNC(=O)C1OC(n2cnc3c(NC)nc(-c4cncc(OC)c4)nc32)C(O)C1O. The van der Waals surface area contributed by atoms with Crippen LogP contribution in [0, 0.1) is 0 Å². The largest absolute Gasteiger partial charge is 0.495 e. The number of nitrogens with one attached hydrogen (secondary N) is 2. The highest BCUT2D eigenvalue weighted by molar-refractivity contribution is 5.85. The molecule has 0 spiro atoms. The van der Waals surface area contributed by atoms with Gasteiger partial charge in [-0.15, -0.1) is 0 Å². The third kappa shape index (κ3) is 3.65. The summed E-state index contributed by atoms with van der Waals surface area (Å²) < 4.78 is 12.4. The molecule has 12 heteroatoms. The Morgan fingerprint density at radius 2 is 2.10 bits per heavy atom. The summed E-state index contributed by atoms with van der Waals surface area (Å²) in [6.07, 6.45) is -0.458. The maximum Gasteiger partial charge on any atom is 0.252 e. The van der Waals surface area contributed by atoms with Crippen LogP contribution in [0.5, 0.6) is 5.75 Å². The number of aliphatic hydroxyl groups is 2. The van der Waals surface area contributed by atoms with Crippen LogP contribution in [0.3, 0.4) is 0 Å². The Bertz CT molecular complexity index is 1100. The van der Waals surface area contributed by atoms with E-state index in [1.54, 1.807) is 32.4 Å². The number of hydrogen-bond acceptors (Lipinski definition) is 10. The number of pyridine rings is 1. The van der Waals surface area contributed by atoms with Crippen LogP contribution < -0.4 is 15.4 Å². The molecular weight excluding hydrogens is 406 g/mol. The van der Waals surface area contributed by atoms with Crippen molar-refractivity contribution in [2.45, 2.75) is 31.5 Å². The summed E-state index contributed by atoms with van der Waals surface area (Å²) in [4.78, 5) is 29.7. The van der Waals surface area contributed by atoms with Crippen LogP contribution in [0.25, 0.3) is 22.6 Å². The summed E-state index contributed by atoms with van der Waals surface area (Å²) in [6, 6.07) is 1.74. The minimum Gasteiger partial charge on any atom is -0.495 e. The molecule has 3 aromatic heterocycles. The van der Waals surface area contributed by atoms with E-state index in [1.807, 2.05) is 0 Å². The summed E-state index contributed by atoms with van der Waals surface area (Å²) in [5, 5.41) is 26.5. The van der Waals surface area contributed by atoms with E-state index in [2.05, 4.69) is 30.6 Å². The lowest BCUT2D eigenvalue weighted by Gasteiger charge is -2.17. The first-order valence-electron chi connectivity index (χ1n) is 9.69. The number of amides is 1. The molecule has 164 valence electrons. The lowest BCUT2D eigenvalue weighted by molar-refractivity contribution is -0.137. The number of hydrogen-bond donors (Lipinski definition) is 4. The molecule has 4 unspecified atom stereocenters. The molecule has 1 amide bonds. The monoisotopic (exact) mass is 429 g/mol.